The molecule has 0 spiro atoms. The summed E-state index contributed by atoms with van der Waals surface area (Å²) >= 11 is 1.22. The number of aromatic nitrogens is 1. The van der Waals surface area contributed by atoms with E-state index in [2.05, 4.69) is 41.2 Å². The van der Waals surface area contributed by atoms with Crippen LogP contribution in [0.1, 0.15) is 36.5 Å². The maximum atomic E-state index is 11.5. The first-order valence-electron chi connectivity index (χ1n) is 11.2. The van der Waals surface area contributed by atoms with Crippen LogP contribution in [0.3, 0.4) is 0 Å². The van der Waals surface area contributed by atoms with E-state index in [1.807, 2.05) is 24.0 Å². The molecular weight excluding hydrogens is 424 g/mol. The van der Waals surface area contributed by atoms with Gasteiger partial charge in [-0.3, -0.25) is 0 Å². The van der Waals surface area contributed by atoms with E-state index in [-0.39, 0.29) is 18.5 Å². The van der Waals surface area contributed by atoms with Crippen LogP contribution >= 0.6 is 11.8 Å². The number of carbonyl (C=O) groups excluding carboxylic acids is 1. The number of anilines is 1. The van der Waals surface area contributed by atoms with Crippen LogP contribution < -0.4 is 9.47 Å². The fourth-order valence-corrected chi connectivity index (χ4v) is 4.65. The van der Waals surface area contributed by atoms with Crippen molar-refractivity contribution in [1.82, 2.24) is 0 Å². The molecule has 6 nitrogen and oxygen atoms in total. The molecule has 1 aliphatic carbocycles. The number of aliphatic hydroxyl groups excluding tert-OH is 2. The summed E-state index contributed by atoms with van der Waals surface area (Å²) in [5.41, 5.74) is 6.14. The normalized spacial score (nSPS) is 14.3. The molecule has 0 bridgehead atoms. The summed E-state index contributed by atoms with van der Waals surface area (Å²) in [5.74, 6) is 0.695. The summed E-state index contributed by atoms with van der Waals surface area (Å²) in [6, 6.07) is 10.5. The average Bonchev–Trinajstić information content (AvgIpc) is 2.80. The van der Waals surface area contributed by atoms with Crippen LogP contribution in [0.2, 0.25) is 0 Å². The van der Waals surface area contributed by atoms with Gasteiger partial charge in [0, 0.05) is 30.4 Å². The topological polar surface area (TPSA) is 73.9 Å². The van der Waals surface area contributed by atoms with Crippen molar-refractivity contribution in [2.45, 2.75) is 32.7 Å². The highest BCUT2D eigenvalue weighted by Crippen LogP contribution is 2.31. The lowest BCUT2D eigenvalue weighted by Gasteiger charge is -2.23. The van der Waals surface area contributed by atoms with E-state index in [0.29, 0.717) is 25.4 Å². The third-order valence-corrected chi connectivity index (χ3v) is 6.25. The Balaban J connectivity index is 1.69. The molecular formula is C25H33N2O4S+. The van der Waals surface area contributed by atoms with Crippen LogP contribution in [-0.4, -0.2) is 54.2 Å². The van der Waals surface area contributed by atoms with Gasteiger partial charge >= 0.3 is 5.30 Å². The number of allylic oxidation sites excluding steroid dienone is 1. The molecule has 1 aromatic carbocycles. The predicted molar refractivity (Wildman–Crippen MR) is 130 cm³/mol. The highest BCUT2D eigenvalue weighted by molar-refractivity contribution is 8.13. The minimum Gasteiger partial charge on any atom is -0.458 e. The van der Waals surface area contributed by atoms with Crippen LogP contribution in [0.4, 0.5) is 10.5 Å². The van der Waals surface area contributed by atoms with Crippen molar-refractivity contribution in [1.29, 1.82) is 0 Å². The van der Waals surface area contributed by atoms with Gasteiger partial charge in [0.05, 0.1) is 25.6 Å². The minimum atomic E-state index is -0.210. The molecule has 0 atom stereocenters. The van der Waals surface area contributed by atoms with E-state index in [1.165, 1.54) is 28.5 Å². The SMILES string of the molecule is CCOC(=O)SCC[n+]1ccc2c(c1)CCC/C2=C\c1ccc(N(CCO)CCO)cc1. The number of aliphatic hydroxyl groups is 2. The summed E-state index contributed by atoms with van der Waals surface area (Å²) in [4.78, 5) is 13.5. The van der Waals surface area contributed by atoms with Crippen LogP contribution in [0, 0.1) is 0 Å². The van der Waals surface area contributed by atoms with Gasteiger partial charge in [0.25, 0.3) is 0 Å². The summed E-state index contributed by atoms with van der Waals surface area (Å²) < 4.78 is 7.12. The Hall–Kier alpha value is -2.35. The smallest absolute Gasteiger partial charge is 0.367 e. The second kappa shape index (κ2) is 12.6. The number of hydrogen-bond donors (Lipinski definition) is 2. The quantitative estimate of drug-likeness (QED) is 0.420. The molecule has 7 heteroatoms. The Morgan fingerprint density at radius 1 is 1.16 bits per heavy atom. The highest BCUT2D eigenvalue weighted by atomic mass is 32.2. The summed E-state index contributed by atoms with van der Waals surface area (Å²) in [6.45, 7) is 4.14. The fraction of sp³-hybridized carbons (Fsp3) is 0.440. The van der Waals surface area contributed by atoms with Gasteiger partial charge in [-0.05, 0) is 66.8 Å². The van der Waals surface area contributed by atoms with Crippen molar-refractivity contribution in [2.24, 2.45) is 0 Å². The number of thioether (sulfide) groups is 1. The first-order valence-corrected chi connectivity index (χ1v) is 12.2. The molecule has 1 aliphatic rings. The zero-order valence-corrected chi connectivity index (χ0v) is 19.5. The van der Waals surface area contributed by atoms with Crippen molar-refractivity contribution in [3.8, 4) is 0 Å². The molecule has 0 fully saturated rings. The Morgan fingerprint density at radius 2 is 1.91 bits per heavy atom. The lowest BCUT2D eigenvalue weighted by molar-refractivity contribution is -0.692. The molecule has 1 heterocycles. The maximum Gasteiger partial charge on any atom is 0.367 e. The molecule has 3 rings (SSSR count). The largest absolute Gasteiger partial charge is 0.458 e. The molecule has 32 heavy (non-hydrogen) atoms. The Kier molecular flexibility index (Phi) is 9.59. The number of hydrogen-bond acceptors (Lipinski definition) is 6. The third kappa shape index (κ3) is 6.82. The molecule has 2 N–H and O–H groups in total. The summed E-state index contributed by atoms with van der Waals surface area (Å²) in [5, 5.41) is 18.3. The van der Waals surface area contributed by atoms with Crippen LogP contribution in [-0.2, 0) is 17.7 Å². The fourth-order valence-electron chi connectivity index (χ4n) is 3.98. The first kappa shape index (κ1) is 24.3. The van der Waals surface area contributed by atoms with Gasteiger partial charge in [0.15, 0.2) is 18.9 Å². The third-order valence-electron chi connectivity index (χ3n) is 5.51. The van der Waals surface area contributed by atoms with Crippen molar-refractivity contribution >= 4 is 34.4 Å². The molecule has 0 saturated heterocycles. The molecule has 0 saturated carbocycles. The monoisotopic (exact) mass is 457 g/mol. The van der Waals surface area contributed by atoms with E-state index in [4.69, 9.17) is 4.74 Å². The second-order valence-corrected chi connectivity index (χ2v) is 8.73. The Morgan fingerprint density at radius 3 is 2.59 bits per heavy atom. The van der Waals surface area contributed by atoms with Gasteiger partial charge in [-0.2, -0.15) is 0 Å². The minimum absolute atomic E-state index is 0.0596. The number of benzene rings is 1. The van der Waals surface area contributed by atoms with Crippen LogP contribution in [0.25, 0.3) is 11.6 Å². The van der Waals surface area contributed by atoms with E-state index in [9.17, 15) is 15.0 Å². The van der Waals surface area contributed by atoms with Gasteiger partial charge in [-0.15, -0.1) is 0 Å². The summed E-state index contributed by atoms with van der Waals surface area (Å²) in [7, 11) is 0. The Bertz CT molecular complexity index is 909. The van der Waals surface area contributed by atoms with Gasteiger partial charge in [-0.1, -0.05) is 18.2 Å². The van der Waals surface area contributed by atoms with Crippen LogP contribution in [0.15, 0.2) is 42.7 Å². The lowest BCUT2D eigenvalue weighted by atomic mass is 9.87. The van der Waals surface area contributed by atoms with E-state index in [1.54, 1.807) is 0 Å². The standard InChI is InChI=1S/C25H33N2O4S/c1-2-31-25(30)32-17-14-26-11-10-24-21(4-3-5-22(24)19-26)18-20-6-8-23(9-7-20)27(12-15-28)13-16-29/h6-11,18-19,28-29H,2-5,12-17H2,1H3/q+1. The van der Waals surface area contributed by atoms with E-state index in [0.717, 1.165) is 37.1 Å². The lowest BCUT2D eigenvalue weighted by Crippen LogP contribution is -2.35. The molecule has 0 radical (unpaired) electrons. The molecule has 0 amide bonds. The number of fused-ring (bicyclic) bond motifs is 1. The number of pyridine rings is 1. The molecule has 1 aromatic heterocycles. The zero-order chi connectivity index (χ0) is 22.8. The summed E-state index contributed by atoms with van der Waals surface area (Å²) in [6.07, 6.45) is 9.80. The van der Waals surface area contributed by atoms with Gasteiger partial charge in [0.1, 0.15) is 0 Å². The Labute approximate surface area is 194 Å². The van der Waals surface area contributed by atoms with Gasteiger partial charge < -0.3 is 19.8 Å². The van der Waals surface area contributed by atoms with Crippen molar-refractivity contribution in [3.05, 3.63) is 59.4 Å². The van der Waals surface area contributed by atoms with E-state index >= 15 is 0 Å². The van der Waals surface area contributed by atoms with Crippen molar-refractivity contribution in [3.63, 3.8) is 0 Å². The van der Waals surface area contributed by atoms with Gasteiger partial charge in [0.2, 0.25) is 0 Å². The molecule has 0 aliphatic heterocycles. The van der Waals surface area contributed by atoms with Crippen molar-refractivity contribution in [2.75, 3.05) is 43.6 Å². The maximum absolute atomic E-state index is 11.5. The number of aryl methyl sites for hydroxylation is 2. The van der Waals surface area contributed by atoms with Crippen molar-refractivity contribution < 1.29 is 24.3 Å². The van der Waals surface area contributed by atoms with Crippen LogP contribution in [0.5, 0.6) is 0 Å². The highest BCUT2D eigenvalue weighted by Gasteiger charge is 2.18. The molecule has 172 valence electrons. The second-order valence-electron chi connectivity index (χ2n) is 7.70. The number of rotatable bonds is 10. The van der Waals surface area contributed by atoms with E-state index < -0.39 is 0 Å². The zero-order valence-electron chi connectivity index (χ0n) is 18.7. The first-order chi connectivity index (χ1) is 15.6. The number of ether oxygens (including phenoxy) is 1. The average molecular weight is 458 g/mol. The molecule has 0 unspecified atom stereocenters. The number of nitrogens with zero attached hydrogens (tertiary/aromatic N) is 2. The number of carbonyl (C=O) groups is 1. The predicted octanol–water partition coefficient (Wildman–Crippen LogP) is 3.53. The molecule has 2 aromatic rings. The van der Waals surface area contributed by atoms with Gasteiger partial charge in [-0.25, -0.2) is 9.36 Å².